The average Bonchev–Trinajstić information content (AvgIpc) is 2.82. The third-order valence-electron chi connectivity index (χ3n) is 5.16. The monoisotopic (exact) mass is 412 g/mol. The summed E-state index contributed by atoms with van der Waals surface area (Å²) in [6, 6.07) is 12.7. The van der Waals surface area contributed by atoms with Gasteiger partial charge in [-0.1, -0.05) is 12.1 Å². The van der Waals surface area contributed by atoms with Crippen molar-refractivity contribution in [3.05, 3.63) is 48.0 Å². The van der Waals surface area contributed by atoms with Crippen molar-refractivity contribution in [2.24, 2.45) is 0 Å². The number of amides is 1. The topological polar surface area (TPSA) is 77.5 Å². The van der Waals surface area contributed by atoms with Crippen LogP contribution >= 0.6 is 0 Å². The number of hydrogen-bond donors (Lipinski definition) is 0. The summed E-state index contributed by atoms with van der Waals surface area (Å²) >= 11 is 0. The molecule has 2 aromatic rings. The lowest BCUT2D eigenvalue weighted by atomic mass is 10.2. The number of fused-ring (bicyclic) bond motifs is 1. The van der Waals surface area contributed by atoms with Crippen molar-refractivity contribution < 1.29 is 28.5 Å². The Balaban J connectivity index is 1.28. The van der Waals surface area contributed by atoms with Crippen LogP contribution in [0.2, 0.25) is 0 Å². The van der Waals surface area contributed by atoms with Crippen LogP contribution in [0.3, 0.4) is 0 Å². The maximum atomic E-state index is 12.5. The lowest BCUT2D eigenvalue weighted by molar-refractivity contribution is -0.134. The Bertz CT molecular complexity index is 924. The second-order valence-corrected chi connectivity index (χ2v) is 6.97. The van der Waals surface area contributed by atoms with Crippen molar-refractivity contribution in [1.82, 2.24) is 4.90 Å². The van der Waals surface area contributed by atoms with Crippen molar-refractivity contribution in [3.8, 4) is 17.2 Å². The maximum absolute atomic E-state index is 12.5. The molecule has 2 aromatic carbocycles. The molecular weight excluding hydrogens is 388 g/mol. The number of esters is 1. The van der Waals surface area contributed by atoms with E-state index in [4.69, 9.17) is 18.9 Å². The normalized spacial score (nSPS) is 15.5. The number of hydrogen-bond acceptors (Lipinski definition) is 7. The molecule has 0 aliphatic carbocycles. The van der Waals surface area contributed by atoms with Crippen LogP contribution in [-0.4, -0.2) is 69.9 Å². The molecule has 1 saturated heterocycles. The van der Waals surface area contributed by atoms with Gasteiger partial charge in [-0.15, -0.1) is 0 Å². The number of rotatable bonds is 5. The number of anilines is 1. The Labute approximate surface area is 174 Å². The van der Waals surface area contributed by atoms with Gasteiger partial charge in [0.1, 0.15) is 19.0 Å². The molecule has 0 N–H and O–H groups in total. The highest BCUT2D eigenvalue weighted by molar-refractivity contribution is 5.92. The predicted octanol–water partition coefficient (Wildman–Crippen LogP) is 1.97. The van der Waals surface area contributed by atoms with Crippen LogP contribution in [0.5, 0.6) is 17.2 Å². The van der Waals surface area contributed by atoms with Gasteiger partial charge in [0.15, 0.2) is 18.1 Å². The van der Waals surface area contributed by atoms with Gasteiger partial charge in [-0.3, -0.25) is 4.79 Å². The van der Waals surface area contributed by atoms with E-state index in [9.17, 15) is 9.59 Å². The van der Waals surface area contributed by atoms with Gasteiger partial charge in [0.25, 0.3) is 5.91 Å². The zero-order chi connectivity index (χ0) is 20.9. The number of para-hydroxylation sites is 2. The molecule has 1 amide bonds. The molecule has 2 heterocycles. The van der Waals surface area contributed by atoms with Gasteiger partial charge in [-0.25, -0.2) is 4.79 Å². The van der Waals surface area contributed by atoms with Crippen LogP contribution in [0.1, 0.15) is 10.4 Å². The number of carbonyl (C=O) groups is 2. The largest absolute Gasteiger partial charge is 0.495 e. The molecule has 8 heteroatoms. The summed E-state index contributed by atoms with van der Waals surface area (Å²) in [5.41, 5.74) is 1.34. The first kappa shape index (κ1) is 19.9. The fraction of sp³-hybridized carbons (Fsp3) is 0.364. The minimum absolute atomic E-state index is 0.208. The minimum Gasteiger partial charge on any atom is -0.495 e. The fourth-order valence-electron chi connectivity index (χ4n) is 3.56. The molecule has 0 aromatic heterocycles. The van der Waals surface area contributed by atoms with Crippen LogP contribution in [0, 0.1) is 0 Å². The lowest BCUT2D eigenvalue weighted by Crippen LogP contribution is -2.50. The van der Waals surface area contributed by atoms with Gasteiger partial charge in [-0.05, 0) is 30.3 Å². The molecule has 4 rings (SSSR count). The van der Waals surface area contributed by atoms with Crippen LogP contribution in [0.25, 0.3) is 0 Å². The Morgan fingerprint density at radius 3 is 2.47 bits per heavy atom. The zero-order valence-corrected chi connectivity index (χ0v) is 16.8. The van der Waals surface area contributed by atoms with Crippen molar-refractivity contribution in [3.63, 3.8) is 0 Å². The van der Waals surface area contributed by atoms with Crippen molar-refractivity contribution in [1.29, 1.82) is 0 Å². The SMILES string of the molecule is COc1ccccc1N1CCN(C(=O)COC(=O)c2ccc3c(c2)OCCO3)CC1. The van der Waals surface area contributed by atoms with E-state index in [1.165, 1.54) is 0 Å². The molecule has 0 atom stereocenters. The van der Waals surface area contributed by atoms with E-state index in [2.05, 4.69) is 4.90 Å². The second kappa shape index (κ2) is 8.94. The van der Waals surface area contributed by atoms with E-state index in [1.54, 1.807) is 30.2 Å². The maximum Gasteiger partial charge on any atom is 0.338 e. The first-order valence-electron chi connectivity index (χ1n) is 9.88. The third kappa shape index (κ3) is 4.27. The van der Waals surface area contributed by atoms with Crippen LogP contribution in [0.4, 0.5) is 5.69 Å². The molecule has 0 spiro atoms. The Morgan fingerprint density at radius 2 is 1.70 bits per heavy atom. The smallest absolute Gasteiger partial charge is 0.338 e. The molecule has 158 valence electrons. The second-order valence-electron chi connectivity index (χ2n) is 6.97. The summed E-state index contributed by atoms with van der Waals surface area (Å²) in [5.74, 6) is 1.15. The summed E-state index contributed by atoms with van der Waals surface area (Å²) in [6.07, 6.45) is 0. The predicted molar refractivity (Wildman–Crippen MR) is 110 cm³/mol. The highest BCUT2D eigenvalue weighted by Gasteiger charge is 2.24. The summed E-state index contributed by atoms with van der Waals surface area (Å²) in [6.45, 7) is 3.10. The number of benzene rings is 2. The third-order valence-corrected chi connectivity index (χ3v) is 5.16. The number of methoxy groups -OCH3 is 1. The molecule has 0 unspecified atom stereocenters. The Kier molecular flexibility index (Phi) is 5.92. The van der Waals surface area contributed by atoms with Crippen molar-refractivity contribution in [2.75, 3.05) is 58.0 Å². The zero-order valence-electron chi connectivity index (χ0n) is 16.8. The van der Waals surface area contributed by atoms with E-state index < -0.39 is 5.97 Å². The first-order chi connectivity index (χ1) is 14.7. The summed E-state index contributed by atoms with van der Waals surface area (Å²) in [7, 11) is 1.65. The number of nitrogens with zero attached hydrogens (tertiary/aromatic N) is 2. The van der Waals surface area contributed by atoms with E-state index in [1.807, 2.05) is 24.3 Å². The average molecular weight is 412 g/mol. The van der Waals surface area contributed by atoms with Gasteiger partial charge in [0, 0.05) is 26.2 Å². The number of piperazine rings is 1. The van der Waals surface area contributed by atoms with Crippen LogP contribution in [0.15, 0.2) is 42.5 Å². The van der Waals surface area contributed by atoms with Gasteiger partial charge in [0.2, 0.25) is 0 Å². The lowest BCUT2D eigenvalue weighted by Gasteiger charge is -2.36. The standard InChI is InChI=1S/C22H24N2O6/c1-27-18-5-3-2-4-17(18)23-8-10-24(11-9-23)21(25)15-30-22(26)16-6-7-19-20(14-16)29-13-12-28-19/h2-7,14H,8-13,15H2,1H3. The van der Waals surface area contributed by atoms with Gasteiger partial charge in [0.05, 0.1) is 18.4 Å². The molecule has 0 saturated carbocycles. The van der Waals surface area contributed by atoms with Gasteiger partial charge >= 0.3 is 5.97 Å². The first-order valence-corrected chi connectivity index (χ1v) is 9.88. The molecule has 8 nitrogen and oxygen atoms in total. The molecular formula is C22H24N2O6. The highest BCUT2D eigenvalue weighted by atomic mass is 16.6. The number of ether oxygens (including phenoxy) is 4. The quantitative estimate of drug-likeness (QED) is 0.695. The van der Waals surface area contributed by atoms with Crippen molar-refractivity contribution >= 4 is 17.6 Å². The summed E-state index contributed by atoms with van der Waals surface area (Å²) < 4.78 is 21.6. The van der Waals surface area contributed by atoms with E-state index >= 15 is 0 Å². The van der Waals surface area contributed by atoms with Crippen molar-refractivity contribution in [2.45, 2.75) is 0 Å². The van der Waals surface area contributed by atoms with Crippen LogP contribution in [-0.2, 0) is 9.53 Å². The summed E-state index contributed by atoms with van der Waals surface area (Å²) in [4.78, 5) is 28.7. The molecule has 30 heavy (non-hydrogen) atoms. The Hall–Kier alpha value is -3.42. The van der Waals surface area contributed by atoms with Gasteiger partial charge < -0.3 is 28.7 Å². The van der Waals surface area contributed by atoms with E-state index in [0.717, 1.165) is 11.4 Å². The highest BCUT2D eigenvalue weighted by Crippen LogP contribution is 2.31. The van der Waals surface area contributed by atoms with E-state index in [-0.39, 0.29) is 12.5 Å². The molecule has 2 aliphatic heterocycles. The fourth-order valence-corrected chi connectivity index (χ4v) is 3.56. The minimum atomic E-state index is -0.562. The number of carbonyl (C=O) groups excluding carboxylic acids is 2. The molecule has 1 fully saturated rings. The van der Waals surface area contributed by atoms with Crippen LogP contribution < -0.4 is 19.1 Å². The van der Waals surface area contributed by atoms with Gasteiger partial charge in [-0.2, -0.15) is 0 Å². The Morgan fingerprint density at radius 1 is 0.967 bits per heavy atom. The molecule has 2 aliphatic rings. The molecule has 0 bridgehead atoms. The molecule has 0 radical (unpaired) electrons. The van der Waals surface area contributed by atoms with E-state index in [0.29, 0.717) is 56.5 Å². The summed E-state index contributed by atoms with van der Waals surface area (Å²) in [5, 5.41) is 0.